The average Bonchev–Trinajstić information content (AvgIpc) is 2.61. The summed E-state index contributed by atoms with van der Waals surface area (Å²) in [5.74, 6) is -0.579. The average molecular weight is 256 g/mol. The summed E-state index contributed by atoms with van der Waals surface area (Å²) < 4.78 is 0. The second kappa shape index (κ2) is 6.00. The molecule has 0 bridgehead atoms. The number of aromatic carboxylic acids is 1. The summed E-state index contributed by atoms with van der Waals surface area (Å²) in [7, 11) is 0. The van der Waals surface area contributed by atoms with Gasteiger partial charge in [-0.25, -0.2) is 4.79 Å². The number of rotatable bonds is 4. The fourth-order valence-corrected chi connectivity index (χ4v) is 1.90. The molecule has 0 fully saturated rings. The van der Waals surface area contributed by atoms with E-state index in [0.29, 0.717) is 18.2 Å². The summed E-state index contributed by atoms with van der Waals surface area (Å²) in [6, 6.07) is 1.49. The van der Waals surface area contributed by atoms with Gasteiger partial charge in [0.25, 0.3) is 0 Å². The molecule has 0 saturated heterocycles. The van der Waals surface area contributed by atoms with Gasteiger partial charge in [-0.3, -0.25) is 4.98 Å². The predicted molar refractivity (Wildman–Crippen MR) is 75.2 cm³/mol. The number of nitrogens with one attached hydrogen (secondary N) is 1. The number of allylic oxidation sites excluding steroid dienone is 4. The Labute approximate surface area is 112 Å². The molecule has 19 heavy (non-hydrogen) atoms. The second-order valence-electron chi connectivity index (χ2n) is 4.42. The van der Waals surface area contributed by atoms with Crippen LogP contribution in [0.3, 0.4) is 0 Å². The summed E-state index contributed by atoms with van der Waals surface area (Å²) >= 11 is 0. The lowest BCUT2D eigenvalue weighted by molar-refractivity contribution is 0.0698. The van der Waals surface area contributed by atoms with E-state index in [1.807, 2.05) is 18.2 Å². The van der Waals surface area contributed by atoms with Gasteiger partial charge < -0.3 is 10.4 Å². The molecule has 1 unspecified atom stereocenters. The van der Waals surface area contributed by atoms with Crippen molar-refractivity contribution in [3.05, 3.63) is 60.0 Å². The number of carbonyl (C=O) groups is 1. The highest BCUT2D eigenvalue weighted by atomic mass is 16.4. The van der Waals surface area contributed by atoms with Crippen LogP contribution in [0.15, 0.2) is 54.4 Å². The van der Waals surface area contributed by atoms with Gasteiger partial charge in [-0.1, -0.05) is 37.3 Å². The molecule has 0 aromatic carbocycles. The molecule has 0 aliphatic heterocycles. The van der Waals surface area contributed by atoms with Crippen LogP contribution in [0, 0.1) is 5.92 Å². The van der Waals surface area contributed by atoms with E-state index in [4.69, 9.17) is 5.11 Å². The first-order valence-corrected chi connectivity index (χ1v) is 6.13. The molecule has 2 N–H and O–H groups in total. The van der Waals surface area contributed by atoms with Crippen molar-refractivity contribution in [3.8, 4) is 0 Å². The molecule has 98 valence electrons. The number of carboxylic acids is 1. The number of nitrogens with zero attached hydrogens (tertiary/aromatic N) is 1. The van der Waals surface area contributed by atoms with Crippen LogP contribution in [-0.4, -0.2) is 22.6 Å². The SMILES string of the molecule is CC1C=CC=CC(CNc2cnccc2C(=O)O)=C1. The van der Waals surface area contributed by atoms with E-state index >= 15 is 0 Å². The first-order valence-electron chi connectivity index (χ1n) is 6.13. The number of pyridine rings is 1. The minimum atomic E-state index is -0.953. The molecule has 0 radical (unpaired) electrons. The predicted octanol–water partition coefficient (Wildman–Crippen LogP) is 2.88. The first-order chi connectivity index (χ1) is 9.16. The summed E-state index contributed by atoms with van der Waals surface area (Å²) in [5, 5.41) is 12.2. The van der Waals surface area contributed by atoms with Gasteiger partial charge in [0, 0.05) is 12.7 Å². The Morgan fingerprint density at radius 3 is 3.11 bits per heavy atom. The monoisotopic (exact) mass is 256 g/mol. The van der Waals surface area contributed by atoms with Gasteiger partial charge in [0.2, 0.25) is 0 Å². The minimum Gasteiger partial charge on any atom is -0.478 e. The van der Waals surface area contributed by atoms with E-state index in [-0.39, 0.29) is 5.56 Å². The van der Waals surface area contributed by atoms with Crippen LogP contribution in [-0.2, 0) is 0 Å². The number of hydrogen-bond acceptors (Lipinski definition) is 3. The molecule has 0 saturated carbocycles. The van der Waals surface area contributed by atoms with E-state index < -0.39 is 5.97 Å². The van der Waals surface area contributed by atoms with Crippen LogP contribution >= 0.6 is 0 Å². The van der Waals surface area contributed by atoms with Gasteiger partial charge >= 0.3 is 5.97 Å². The Hall–Kier alpha value is -2.36. The zero-order valence-corrected chi connectivity index (χ0v) is 10.7. The Morgan fingerprint density at radius 2 is 2.32 bits per heavy atom. The lowest BCUT2D eigenvalue weighted by atomic mass is 10.1. The highest BCUT2D eigenvalue weighted by Crippen LogP contribution is 2.16. The van der Waals surface area contributed by atoms with Crippen molar-refractivity contribution in [2.45, 2.75) is 6.92 Å². The van der Waals surface area contributed by atoms with Gasteiger partial charge in [-0.2, -0.15) is 0 Å². The zero-order valence-electron chi connectivity index (χ0n) is 10.7. The molecular formula is C15H16N2O2. The summed E-state index contributed by atoms with van der Waals surface area (Å²) in [6.07, 6.45) is 13.3. The lowest BCUT2D eigenvalue weighted by Gasteiger charge is -2.10. The lowest BCUT2D eigenvalue weighted by Crippen LogP contribution is -2.09. The topological polar surface area (TPSA) is 62.2 Å². The van der Waals surface area contributed by atoms with Gasteiger partial charge in [0.05, 0.1) is 17.4 Å². The van der Waals surface area contributed by atoms with E-state index in [9.17, 15) is 4.79 Å². The maximum Gasteiger partial charge on any atom is 0.337 e. The standard InChI is InChI=1S/C15H16N2O2/c1-11-4-2-3-5-12(8-11)9-17-14-10-16-7-6-13(14)15(18)19/h2-8,10-11,17H,9H2,1H3,(H,18,19). The molecule has 1 atom stereocenters. The molecule has 2 rings (SSSR count). The van der Waals surface area contributed by atoms with Gasteiger partial charge in [-0.15, -0.1) is 0 Å². The first kappa shape index (κ1) is 13.1. The molecule has 1 aromatic heterocycles. The molecule has 1 aliphatic rings. The third-order valence-electron chi connectivity index (χ3n) is 2.85. The minimum absolute atomic E-state index is 0.236. The fourth-order valence-electron chi connectivity index (χ4n) is 1.90. The molecule has 0 spiro atoms. The normalized spacial score (nSPS) is 17.7. The third-order valence-corrected chi connectivity index (χ3v) is 2.85. The van der Waals surface area contributed by atoms with Gasteiger partial charge in [0.15, 0.2) is 0 Å². The summed E-state index contributed by atoms with van der Waals surface area (Å²) in [4.78, 5) is 15.0. The van der Waals surface area contributed by atoms with Crippen molar-refractivity contribution < 1.29 is 9.90 Å². The van der Waals surface area contributed by atoms with Crippen molar-refractivity contribution in [2.24, 2.45) is 5.92 Å². The quantitative estimate of drug-likeness (QED) is 0.869. The van der Waals surface area contributed by atoms with Gasteiger partial charge in [-0.05, 0) is 17.6 Å². The number of carboxylic acid groups (broad SMARTS) is 1. The molecule has 0 amide bonds. The van der Waals surface area contributed by atoms with Crippen LogP contribution in [0.2, 0.25) is 0 Å². The Morgan fingerprint density at radius 1 is 1.47 bits per heavy atom. The van der Waals surface area contributed by atoms with E-state index in [2.05, 4.69) is 29.4 Å². The molecular weight excluding hydrogens is 240 g/mol. The van der Waals surface area contributed by atoms with E-state index in [1.165, 1.54) is 18.5 Å². The zero-order chi connectivity index (χ0) is 13.7. The van der Waals surface area contributed by atoms with Crippen molar-refractivity contribution in [1.29, 1.82) is 0 Å². The highest BCUT2D eigenvalue weighted by molar-refractivity contribution is 5.93. The Balaban J connectivity index is 2.09. The second-order valence-corrected chi connectivity index (χ2v) is 4.42. The molecule has 4 nitrogen and oxygen atoms in total. The van der Waals surface area contributed by atoms with Crippen LogP contribution in [0.4, 0.5) is 5.69 Å². The molecule has 4 heteroatoms. The third kappa shape index (κ3) is 3.55. The smallest absolute Gasteiger partial charge is 0.337 e. The number of anilines is 1. The van der Waals surface area contributed by atoms with Crippen LogP contribution in [0.5, 0.6) is 0 Å². The fraction of sp³-hybridized carbons (Fsp3) is 0.200. The van der Waals surface area contributed by atoms with Crippen molar-refractivity contribution >= 4 is 11.7 Å². The largest absolute Gasteiger partial charge is 0.478 e. The Kier molecular flexibility index (Phi) is 4.13. The van der Waals surface area contributed by atoms with Crippen LogP contribution < -0.4 is 5.32 Å². The van der Waals surface area contributed by atoms with Gasteiger partial charge in [0.1, 0.15) is 0 Å². The van der Waals surface area contributed by atoms with Crippen molar-refractivity contribution in [2.75, 3.05) is 11.9 Å². The summed E-state index contributed by atoms with van der Waals surface area (Å²) in [6.45, 7) is 2.69. The van der Waals surface area contributed by atoms with E-state index in [1.54, 1.807) is 0 Å². The van der Waals surface area contributed by atoms with Crippen molar-refractivity contribution in [1.82, 2.24) is 4.98 Å². The molecule has 1 aliphatic carbocycles. The summed E-state index contributed by atoms with van der Waals surface area (Å²) in [5.41, 5.74) is 1.89. The Bertz CT molecular complexity index is 559. The molecule has 1 heterocycles. The maximum atomic E-state index is 11.1. The van der Waals surface area contributed by atoms with Crippen LogP contribution in [0.1, 0.15) is 17.3 Å². The highest BCUT2D eigenvalue weighted by Gasteiger charge is 2.09. The van der Waals surface area contributed by atoms with Crippen molar-refractivity contribution in [3.63, 3.8) is 0 Å². The molecule has 1 aromatic rings. The maximum absolute atomic E-state index is 11.1. The van der Waals surface area contributed by atoms with E-state index in [0.717, 1.165) is 5.57 Å². The number of aromatic nitrogens is 1. The number of hydrogen-bond donors (Lipinski definition) is 2. The van der Waals surface area contributed by atoms with Crippen LogP contribution in [0.25, 0.3) is 0 Å².